The van der Waals surface area contributed by atoms with Gasteiger partial charge in [-0.2, -0.15) is 0 Å². The van der Waals surface area contributed by atoms with Crippen molar-refractivity contribution in [3.63, 3.8) is 0 Å². The number of hydrogen-bond acceptors (Lipinski definition) is 6. The Bertz CT molecular complexity index is 2230. The van der Waals surface area contributed by atoms with E-state index in [0.29, 0.717) is 0 Å². The van der Waals surface area contributed by atoms with Gasteiger partial charge in [0, 0.05) is 0 Å². The van der Waals surface area contributed by atoms with E-state index in [1.54, 1.807) is 24.3 Å². The van der Waals surface area contributed by atoms with Gasteiger partial charge in [0.05, 0.1) is 9.79 Å². The first kappa shape index (κ1) is 75.6. The van der Waals surface area contributed by atoms with Crippen molar-refractivity contribution in [3.8, 4) is 0 Å². The normalized spacial score (nSPS) is 11.8. The maximum atomic E-state index is 11.8. The van der Waals surface area contributed by atoms with Crippen molar-refractivity contribution >= 4 is 79.5 Å². The minimum absolute atomic E-state index is 0. The van der Waals surface area contributed by atoms with Crippen LogP contribution in [0.5, 0.6) is 0 Å². The van der Waals surface area contributed by atoms with Crippen molar-refractivity contribution in [3.05, 3.63) is 82.9 Å². The third-order valence-corrected chi connectivity index (χ3v) is 18.6. The van der Waals surface area contributed by atoms with Crippen LogP contribution in [0.15, 0.2) is 70.5 Å². The van der Waals surface area contributed by atoms with Gasteiger partial charge in [0.2, 0.25) is 0 Å². The van der Waals surface area contributed by atoms with Crippen LogP contribution in [0.3, 0.4) is 0 Å². The fraction of sp³-hybridized carbons (Fsp3) is 0.722. The molecule has 0 bridgehead atoms. The van der Waals surface area contributed by atoms with Crippen LogP contribution in [-0.2, 0) is 45.9 Å². The van der Waals surface area contributed by atoms with Gasteiger partial charge in [-0.3, -0.25) is 0 Å². The molecule has 0 N–H and O–H groups in total. The Kier molecular flexibility index (Phi) is 45.3. The van der Waals surface area contributed by atoms with E-state index in [1.165, 1.54) is 268 Å². The topological polar surface area (TPSA) is 114 Å². The van der Waals surface area contributed by atoms with Crippen LogP contribution < -0.4 is 0 Å². The summed E-state index contributed by atoms with van der Waals surface area (Å²) in [6, 6.07) is 19.2. The van der Waals surface area contributed by atoms with E-state index in [1.807, 2.05) is 12.1 Å². The largest absolute Gasteiger partial charge is 2.00 e. The molecule has 0 saturated carbocycles. The molecule has 4 rings (SSSR count). The summed E-state index contributed by atoms with van der Waals surface area (Å²) in [5, 5.41) is 4.00. The van der Waals surface area contributed by atoms with E-state index < -0.39 is 20.2 Å². The van der Waals surface area contributed by atoms with E-state index in [-0.39, 0.29) is 47.5 Å². The quantitative estimate of drug-likeness (QED) is 0.0247. The Morgan fingerprint density at radius 1 is 0.272 bits per heavy atom. The monoisotopic (exact) mass is 1180 g/mol. The van der Waals surface area contributed by atoms with Crippen LogP contribution in [0.25, 0.3) is 21.5 Å². The summed E-state index contributed by atoms with van der Waals surface area (Å²) in [6.07, 6.45) is 61.7. The van der Waals surface area contributed by atoms with Crippen molar-refractivity contribution in [2.45, 2.75) is 346 Å². The zero-order chi connectivity index (χ0) is 57.8. The number of fused-ring (bicyclic) bond motifs is 2. The third kappa shape index (κ3) is 36.3. The van der Waals surface area contributed by atoms with Gasteiger partial charge in [-0.1, -0.05) is 321 Å². The third-order valence-electron chi connectivity index (χ3n) is 17.0. The predicted molar refractivity (Wildman–Crippen MR) is 350 cm³/mol. The van der Waals surface area contributed by atoms with E-state index in [2.05, 4.69) is 52.0 Å². The van der Waals surface area contributed by atoms with Gasteiger partial charge >= 0.3 is 37.7 Å². The molecule has 0 aliphatic heterocycles. The van der Waals surface area contributed by atoms with Gasteiger partial charge in [0.25, 0.3) is 0 Å². The maximum Gasteiger partial charge on any atom is 2.00 e. The molecule has 0 fully saturated rings. The van der Waals surface area contributed by atoms with Crippen LogP contribution in [0.1, 0.15) is 332 Å². The molecule has 0 aliphatic rings. The first-order chi connectivity index (χ1) is 38.9. The zero-order valence-corrected chi connectivity index (χ0v) is 56.5. The fourth-order valence-electron chi connectivity index (χ4n) is 11.9. The van der Waals surface area contributed by atoms with Crippen LogP contribution in [0, 0.1) is 0 Å². The first-order valence-corrected chi connectivity index (χ1v) is 36.8. The summed E-state index contributed by atoms with van der Waals surface area (Å²) in [6.45, 7) is 9.07. The number of benzene rings is 4. The van der Waals surface area contributed by atoms with Crippen molar-refractivity contribution in [1.29, 1.82) is 0 Å². The maximum absolute atomic E-state index is 11.8. The number of rotatable bonds is 50. The van der Waals surface area contributed by atoms with E-state index in [9.17, 15) is 25.9 Å². The van der Waals surface area contributed by atoms with Crippen LogP contribution >= 0.6 is 0 Å². The molecule has 9 heteroatoms. The van der Waals surface area contributed by atoms with Crippen molar-refractivity contribution in [2.75, 3.05) is 0 Å². The summed E-state index contributed by atoms with van der Waals surface area (Å²) < 4.78 is 71.0. The molecule has 0 aliphatic carbocycles. The van der Waals surface area contributed by atoms with Crippen LogP contribution in [0.2, 0.25) is 0 Å². The molecule has 0 radical (unpaired) electrons. The van der Waals surface area contributed by atoms with Gasteiger partial charge in [-0.15, -0.1) is 0 Å². The second-order valence-electron chi connectivity index (χ2n) is 24.3. The molecule has 0 heterocycles. The predicted octanol–water partition coefficient (Wildman–Crippen LogP) is 22.5. The SMILES string of the molecule is CCCCCCCCCCCCCc1ccc2cc(S(=O)(=O)[O-])cc(CCCCCCCCCCCCC)c2c1.CCCCCCCCCCCCCc1ccc2cc(S(=O)(=O)[O-])cc(CCCCCCCCCCCCC)c2c1.[Ca+2]. The molecule has 0 spiro atoms. The van der Waals surface area contributed by atoms with Crippen molar-refractivity contribution in [2.24, 2.45) is 0 Å². The molecule has 0 saturated heterocycles. The minimum Gasteiger partial charge on any atom is -0.744 e. The second-order valence-corrected chi connectivity index (χ2v) is 27.1. The Hall–Kier alpha value is -1.52. The second kappa shape index (κ2) is 48.6. The molecule has 456 valence electrons. The summed E-state index contributed by atoms with van der Waals surface area (Å²) in [7, 11) is -8.93. The molecular weight excluding hydrogens is 1060 g/mol. The number of unbranched alkanes of at least 4 members (excludes halogenated alkanes) is 40. The number of aryl methyl sites for hydroxylation is 4. The average molecular weight is 1180 g/mol. The molecule has 0 aromatic heterocycles. The zero-order valence-electron chi connectivity index (χ0n) is 52.7. The molecule has 6 nitrogen and oxygen atoms in total. The molecule has 81 heavy (non-hydrogen) atoms. The Morgan fingerprint density at radius 3 is 0.704 bits per heavy atom. The molecule has 4 aromatic rings. The standard InChI is InChI=1S/2C36H60O3S.Ca/c2*1-3-5-7-9-11-13-15-17-19-21-23-25-32-27-28-34-31-35(40(37,38)39)30-33(36(34)29-32)26-24-22-20-18-16-14-12-10-8-6-4-2;/h2*27-31H,3-26H2,1-2H3,(H,37,38,39);/q;;+2/p-2. The smallest absolute Gasteiger partial charge is 0.744 e. The van der Waals surface area contributed by atoms with Crippen molar-refractivity contribution in [1.82, 2.24) is 0 Å². The van der Waals surface area contributed by atoms with Gasteiger partial charge in [0.1, 0.15) is 20.2 Å². The van der Waals surface area contributed by atoms with E-state index >= 15 is 0 Å². The van der Waals surface area contributed by atoms with E-state index in [0.717, 1.165) is 84.0 Å². The average Bonchev–Trinajstić information content (AvgIpc) is 3.44. The fourth-order valence-corrected chi connectivity index (χ4v) is 13.0. The summed E-state index contributed by atoms with van der Waals surface area (Å²) >= 11 is 0. The molecule has 0 unspecified atom stereocenters. The van der Waals surface area contributed by atoms with Gasteiger partial charge in [0.15, 0.2) is 0 Å². The van der Waals surface area contributed by atoms with Crippen LogP contribution in [0.4, 0.5) is 0 Å². The molecule has 4 aromatic carbocycles. The van der Waals surface area contributed by atoms with Gasteiger partial charge < -0.3 is 9.11 Å². The summed E-state index contributed by atoms with van der Waals surface area (Å²) in [4.78, 5) is -0.174. The molecular formula is C72H118CaO6S2. The van der Waals surface area contributed by atoms with E-state index in [4.69, 9.17) is 0 Å². The van der Waals surface area contributed by atoms with Gasteiger partial charge in [-0.05, 0) is 119 Å². The van der Waals surface area contributed by atoms with Crippen molar-refractivity contribution < 1.29 is 25.9 Å². The first-order valence-electron chi connectivity index (χ1n) is 33.9. The summed E-state index contributed by atoms with van der Waals surface area (Å²) in [5.41, 5.74) is 4.68. The summed E-state index contributed by atoms with van der Waals surface area (Å²) in [5.74, 6) is 0. The molecule has 0 amide bonds. The minimum atomic E-state index is -4.46. The Labute approximate surface area is 529 Å². The Morgan fingerprint density at radius 2 is 0.481 bits per heavy atom. The molecule has 0 atom stereocenters. The Balaban J connectivity index is 0.000000547. The van der Waals surface area contributed by atoms with Crippen LogP contribution in [-0.4, -0.2) is 63.7 Å². The number of hydrogen-bond donors (Lipinski definition) is 0. The van der Waals surface area contributed by atoms with Gasteiger partial charge in [-0.25, -0.2) is 16.8 Å².